The van der Waals surface area contributed by atoms with Crippen LogP contribution in [0.15, 0.2) is 48.5 Å². The molecule has 2 aromatic carbocycles. The molecule has 3 rings (SSSR count). The molecule has 1 aliphatic heterocycles. The third-order valence-corrected chi connectivity index (χ3v) is 4.00. The summed E-state index contributed by atoms with van der Waals surface area (Å²) >= 11 is 0. The number of ether oxygens (including phenoxy) is 1. The van der Waals surface area contributed by atoms with Gasteiger partial charge in [-0.1, -0.05) is 36.4 Å². The monoisotopic (exact) mass is 281 g/mol. The molecule has 1 atom stereocenters. The van der Waals surface area contributed by atoms with Crippen LogP contribution in [0.3, 0.4) is 0 Å². The summed E-state index contributed by atoms with van der Waals surface area (Å²) in [7, 11) is 0. The third kappa shape index (κ3) is 3.27. The van der Waals surface area contributed by atoms with E-state index in [2.05, 4.69) is 67.7 Å². The number of hydrogen-bond acceptors (Lipinski definition) is 2. The lowest BCUT2D eigenvalue weighted by Gasteiger charge is -2.16. The number of rotatable bonds is 4. The standard InChI is InChI=1S/C19H23NO/c1-14(2)21-17-9-7-15(8-10-17)18-5-3-4-6-19(18)16-11-12-20-13-16/h3-10,14,16,20H,11-13H2,1-2H3. The summed E-state index contributed by atoms with van der Waals surface area (Å²) in [5.74, 6) is 1.57. The fourth-order valence-electron chi connectivity index (χ4n) is 3.02. The van der Waals surface area contributed by atoms with E-state index in [-0.39, 0.29) is 6.10 Å². The molecule has 2 heteroatoms. The van der Waals surface area contributed by atoms with Crippen LogP contribution in [0.25, 0.3) is 11.1 Å². The zero-order chi connectivity index (χ0) is 14.7. The maximum absolute atomic E-state index is 5.73. The summed E-state index contributed by atoms with van der Waals surface area (Å²) in [4.78, 5) is 0. The fraction of sp³-hybridized carbons (Fsp3) is 0.368. The van der Waals surface area contributed by atoms with Gasteiger partial charge >= 0.3 is 0 Å². The molecule has 2 nitrogen and oxygen atoms in total. The molecule has 1 saturated heterocycles. The van der Waals surface area contributed by atoms with Gasteiger partial charge in [-0.25, -0.2) is 0 Å². The molecule has 110 valence electrons. The van der Waals surface area contributed by atoms with E-state index in [1.165, 1.54) is 23.1 Å². The van der Waals surface area contributed by atoms with Crippen molar-refractivity contribution in [3.63, 3.8) is 0 Å². The summed E-state index contributed by atoms with van der Waals surface area (Å²) in [5, 5.41) is 3.46. The van der Waals surface area contributed by atoms with Crippen LogP contribution in [-0.2, 0) is 0 Å². The highest BCUT2D eigenvalue weighted by Gasteiger charge is 2.19. The van der Waals surface area contributed by atoms with E-state index in [9.17, 15) is 0 Å². The Kier molecular flexibility index (Phi) is 4.26. The van der Waals surface area contributed by atoms with Crippen molar-refractivity contribution in [1.29, 1.82) is 0 Å². The van der Waals surface area contributed by atoms with Gasteiger partial charge < -0.3 is 10.1 Å². The highest BCUT2D eigenvalue weighted by atomic mass is 16.5. The van der Waals surface area contributed by atoms with Crippen molar-refractivity contribution in [2.45, 2.75) is 32.3 Å². The van der Waals surface area contributed by atoms with Crippen LogP contribution in [0.4, 0.5) is 0 Å². The lowest BCUT2D eigenvalue weighted by molar-refractivity contribution is 0.242. The summed E-state index contributed by atoms with van der Waals surface area (Å²) < 4.78 is 5.73. The predicted octanol–water partition coefficient (Wildman–Crippen LogP) is 4.22. The second kappa shape index (κ2) is 6.31. The van der Waals surface area contributed by atoms with Gasteiger partial charge in [-0.3, -0.25) is 0 Å². The van der Waals surface area contributed by atoms with Gasteiger partial charge in [0.25, 0.3) is 0 Å². The average molecular weight is 281 g/mol. The minimum Gasteiger partial charge on any atom is -0.491 e. The molecule has 0 spiro atoms. The zero-order valence-electron chi connectivity index (χ0n) is 12.8. The van der Waals surface area contributed by atoms with Gasteiger partial charge in [0.1, 0.15) is 5.75 Å². The molecule has 21 heavy (non-hydrogen) atoms. The zero-order valence-corrected chi connectivity index (χ0v) is 12.8. The molecule has 0 amide bonds. The van der Waals surface area contributed by atoms with Gasteiger partial charge in [-0.05, 0) is 61.6 Å². The Hall–Kier alpha value is -1.80. The maximum Gasteiger partial charge on any atom is 0.119 e. The van der Waals surface area contributed by atoms with Crippen LogP contribution < -0.4 is 10.1 Å². The summed E-state index contributed by atoms with van der Waals surface area (Å²) in [5.41, 5.74) is 4.08. The van der Waals surface area contributed by atoms with Crippen molar-refractivity contribution in [2.24, 2.45) is 0 Å². The molecular formula is C19H23NO. The van der Waals surface area contributed by atoms with E-state index in [0.29, 0.717) is 5.92 Å². The second-order valence-corrected chi connectivity index (χ2v) is 5.97. The van der Waals surface area contributed by atoms with Crippen molar-refractivity contribution >= 4 is 0 Å². The predicted molar refractivity (Wildman–Crippen MR) is 87.9 cm³/mol. The highest BCUT2D eigenvalue weighted by molar-refractivity contribution is 5.68. The molecular weight excluding hydrogens is 258 g/mol. The van der Waals surface area contributed by atoms with E-state index >= 15 is 0 Å². The molecule has 1 heterocycles. The molecule has 1 unspecified atom stereocenters. The Morgan fingerprint density at radius 2 is 1.81 bits per heavy atom. The van der Waals surface area contributed by atoms with E-state index in [1.54, 1.807) is 0 Å². The lowest BCUT2D eigenvalue weighted by atomic mass is 9.90. The number of nitrogens with one attached hydrogen (secondary N) is 1. The first kappa shape index (κ1) is 14.2. The van der Waals surface area contributed by atoms with Crippen LogP contribution in [0, 0.1) is 0 Å². The smallest absolute Gasteiger partial charge is 0.119 e. The summed E-state index contributed by atoms with van der Waals surface area (Å²) in [6, 6.07) is 17.2. The molecule has 0 aromatic heterocycles. The largest absolute Gasteiger partial charge is 0.491 e. The SMILES string of the molecule is CC(C)Oc1ccc(-c2ccccc2C2CCNC2)cc1. The molecule has 0 radical (unpaired) electrons. The van der Waals surface area contributed by atoms with E-state index in [1.807, 2.05) is 0 Å². The van der Waals surface area contributed by atoms with Gasteiger partial charge in [0.05, 0.1) is 6.10 Å². The first-order chi connectivity index (χ1) is 10.2. The van der Waals surface area contributed by atoms with Gasteiger partial charge in [0.15, 0.2) is 0 Å². The number of benzene rings is 2. The molecule has 1 fully saturated rings. The van der Waals surface area contributed by atoms with Crippen molar-refractivity contribution in [3.05, 3.63) is 54.1 Å². The van der Waals surface area contributed by atoms with E-state index in [0.717, 1.165) is 18.8 Å². The first-order valence-corrected chi connectivity index (χ1v) is 7.81. The highest BCUT2D eigenvalue weighted by Crippen LogP contribution is 2.33. The van der Waals surface area contributed by atoms with E-state index < -0.39 is 0 Å². The molecule has 0 saturated carbocycles. The molecule has 2 aromatic rings. The Labute approximate surface area is 127 Å². The lowest BCUT2D eigenvalue weighted by Crippen LogP contribution is -2.08. The minimum atomic E-state index is 0.215. The quantitative estimate of drug-likeness (QED) is 0.906. The van der Waals surface area contributed by atoms with E-state index in [4.69, 9.17) is 4.74 Å². The van der Waals surface area contributed by atoms with Gasteiger partial charge in [-0.2, -0.15) is 0 Å². The van der Waals surface area contributed by atoms with Gasteiger partial charge in [0, 0.05) is 6.54 Å². The molecule has 0 bridgehead atoms. The van der Waals surface area contributed by atoms with Crippen molar-refractivity contribution in [3.8, 4) is 16.9 Å². The first-order valence-electron chi connectivity index (χ1n) is 7.81. The summed E-state index contributed by atoms with van der Waals surface area (Å²) in [6.07, 6.45) is 1.44. The van der Waals surface area contributed by atoms with Crippen LogP contribution in [0.1, 0.15) is 31.7 Å². The van der Waals surface area contributed by atoms with Crippen molar-refractivity contribution in [2.75, 3.05) is 13.1 Å². The van der Waals surface area contributed by atoms with Gasteiger partial charge in [-0.15, -0.1) is 0 Å². The second-order valence-electron chi connectivity index (χ2n) is 5.97. The minimum absolute atomic E-state index is 0.215. The molecule has 1 N–H and O–H groups in total. The third-order valence-electron chi connectivity index (χ3n) is 4.00. The van der Waals surface area contributed by atoms with Crippen molar-refractivity contribution in [1.82, 2.24) is 5.32 Å². The van der Waals surface area contributed by atoms with Gasteiger partial charge in [0.2, 0.25) is 0 Å². The Balaban J connectivity index is 1.89. The molecule has 1 aliphatic rings. The van der Waals surface area contributed by atoms with Crippen molar-refractivity contribution < 1.29 is 4.74 Å². The average Bonchev–Trinajstić information content (AvgIpc) is 3.02. The topological polar surface area (TPSA) is 21.3 Å². The van der Waals surface area contributed by atoms with Crippen LogP contribution in [0.2, 0.25) is 0 Å². The maximum atomic E-state index is 5.73. The normalized spacial score (nSPS) is 18.1. The van der Waals surface area contributed by atoms with Crippen LogP contribution in [-0.4, -0.2) is 19.2 Å². The van der Waals surface area contributed by atoms with Crippen LogP contribution >= 0.6 is 0 Å². The Bertz CT molecular complexity index is 583. The molecule has 0 aliphatic carbocycles. The Morgan fingerprint density at radius 3 is 2.48 bits per heavy atom. The summed E-state index contributed by atoms with van der Waals surface area (Å²) in [6.45, 7) is 6.32. The van der Waals surface area contributed by atoms with Crippen LogP contribution in [0.5, 0.6) is 5.75 Å². The fourth-order valence-corrected chi connectivity index (χ4v) is 3.02. The Morgan fingerprint density at radius 1 is 1.05 bits per heavy atom. The number of hydrogen-bond donors (Lipinski definition) is 1.